The molecule has 1 saturated carbocycles. The number of carbonyl (C=O) groups excluding carboxylic acids is 1. The van der Waals surface area contributed by atoms with Crippen LogP contribution < -0.4 is 10.6 Å². The van der Waals surface area contributed by atoms with Crippen LogP contribution in [0.15, 0.2) is 10.4 Å². The van der Waals surface area contributed by atoms with E-state index in [1.165, 1.54) is 11.3 Å². The lowest BCUT2D eigenvalue weighted by molar-refractivity contribution is -0.140. The van der Waals surface area contributed by atoms with Crippen molar-refractivity contribution in [1.29, 1.82) is 0 Å². The molecule has 1 fully saturated rings. The van der Waals surface area contributed by atoms with Crippen molar-refractivity contribution in [1.82, 2.24) is 20.5 Å². The molecule has 2 atom stereocenters. The molecule has 0 aromatic carbocycles. The van der Waals surface area contributed by atoms with Crippen molar-refractivity contribution in [2.24, 2.45) is 10.9 Å². The number of amides is 1. The maximum absolute atomic E-state index is 12.7. The highest BCUT2D eigenvalue weighted by Crippen LogP contribution is 2.30. The van der Waals surface area contributed by atoms with Crippen molar-refractivity contribution < 1.29 is 18.0 Å². The van der Waals surface area contributed by atoms with Crippen molar-refractivity contribution in [3.05, 3.63) is 16.1 Å². The molecule has 1 aliphatic carbocycles. The Morgan fingerprint density at radius 1 is 1.36 bits per heavy atom. The number of aromatic nitrogens is 1. The van der Waals surface area contributed by atoms with Gasteiger partial charge in [-0.15, -0.1) is 11.3 Å². The summed E-state index contributed by atoms with van der Waals surface area (Å²) in [5.74, 6) is 0.896. The number of guanidine groups is 1. The summed E-state index contributed by atoms with van der Waals surface area (Å²) < 4.78 is 38.0. The Hall–Kier alpha value is -1.84. The van der Waals surface area contributed by atoms with Gasteiger partial charge in [0.1, 0.15) is 6.54 Å². The van der Waals surface area contributed by atoms with Gasteiger partial charge in [0.15, 0.2) is 11.7 Å². The van der Waals surface area contributed by atoms with Crippen LogP contribution in [0.2, 0.25) is 0 Å². The number of carbonyl (C=O) groups is 1. The molecule has 2 N–H and O–H groups in total. The molecule has 0 spiro atoms. The maximum atomic E-state index is 12.7. The fraction of sp³-hybridized carbons (Fsp3) is 0.722. The molecule has 1 heterocycles. The normalized spacial score (nSPS) is 20.7. The molecule has 0 aliphatic heterocycles. The van der Waals surface area contributed by atoms with Gasteiger partial charge < -0.3 is 15.5 Å². The van der Waals surface area contributed by atoms with Crippen molar-refractivity contribution in [2.45, 2.75) is 51.2 Å². The fourth-order valence-electron chi connectivity index (χ4n) is 2.99. The summed E-state index contributed by atoms with van der Waals surface area (Å²) in [6.45, 7) is 2.58. The van der Waals surface area contributed by atoms with Crippen molar-refractivity contribution in [3.8, 4) is 0 Å². The molecular formula is C18H28F3N5OS. The van der Waals surface area contributed by atoms with E-state index in [1.54, 1.807) is 14.1 Å². The van der Waals surface area contributed by atoms with Crippen LogP contribution in [0, 0.1) is 5.92 Å². The minimum Gasteiger partial charge on any atom is -0.356 e. The number of thiazole rings is 1. The van der Waals surface area contributed by atoms with Gasteiger partial charge in [-0.05, 0) is 18.8 Å². The number of hydrogen-bond acceptors (Lipinski definition) is 4. The largest absolute Gasteiger partial charge is 0.434 e. The van der Waals surface area contributed by atoms with E-state index >= 15 is 0 Å². The number of nitrogens with one attached hydrogen (secondary N) is 2. The minimum absolute atomic E-state index is 0.0128. The SMILES string of the molecule is CC1CCCCC1NC(=NCC(=O)N(C)C)NCCc1nc(C(F)(F)F)cs1. The molecule has 1 aromatic heterocycles. The Morgan fingerprint density at radius 3 is 2.68 bits per heavy atom. The number of halogens is 3. The molecule has 10 heteroatoms. The van der Waals surface area contributed by atoms with Gasteiger partial charge in [-0.1, -0.05) is 19.8 Å². The first-order valence-corrected chi connectivity index (χ1v) is 10.3. The van der Waals surface area contributed by atoms with Crippen LogP contribution in [0.25, 0.3) is 0 Å². The van der Waals surface area contributed by atoms with Gasteiger partial charge in [-0.2, -0.15) is 13.2 Å². The fourth-order valence-corrected chi connectivity index (χ4v) is 3.80. The van der Waals surface area contributed by atoms with Gasteiger partial charge in [0.2, 0.25) is 5.91 Å². The van der Waals surface area contributed by atoms with E-state index in [9.17, 15) is 18.0 Å². The second kappa shape index (κ2) is 10.1. The number of rotatable bonds is 6. The topological polar surface area (TPSA) is 69.6 Å². The molecule has 1 amide bonds. The average Bonchev–Trinajstić information content (AvgIpc) is 3.10. The molecule has 2 unspecified atom stereocenters. The van der Waals surface area contributed by atoms with E-state index in [1.807, 2.05) is 0 Å². The number of aliphatic imine (C=N–C) groups is 1. The third-order valence-corrected chi connectivity index (χ3v) is 5.69. The Morgan fingerprint density at radius 2 is 2.07 bits per heavy atom. The van der Waals surface area contributed by atoms with Crippen LogP contribution in [0.3, 0.4) is 0 Å². The van der Waals surface area contributed by atoms with Gasteiger partial charge >= 0.3 is 6.18 Å². The summed E-state index contributed by atoms with van der Waals surface area (Å²) in [6.07, 6.45) is 0.463. The molecule has 6 nitrogen and oxygen atoms in total. The van der Waals surface area contributed by atoms with E-state index < -0.39 is 11.9 Å². The summed E-state index contributed by atoms with van der Waals surface area (Å²) in [7, 11) is 3.34. The highest BCUT2D eigenvalue weighted by molar-refractivity contribution is 7.09. The lowest BCUT2D eigenvalue weighted by atomic mass is 9.86. The van der Waals surface area contributed by atoms with Crippen molar-refractivity contribution >= 4 is 23.2 Å². The second-order valence-corrected chi connectivity index (χ2v) is 8.21. The summed E-state index contributed by atoms with van der Waals surface area (Å²) in [4.78, 5) is 21.3. The predicted octanol–water partition coefficient (Wildman–Crippen LogP) is 2.91. The van der Waals surface area contributed by atoms with Gasteiger partial charge in [0.05, 0.1) is 5.01 Å². The Kier molecular flexibility index (Phi) is 8.09. The zero-order valence-corrected chi connectivity index (χ0v) is 17.3. The highest BCUT2D eigenvalue weighted by Gasteiger charge is 2.33. The van der Waals surface area contributed by atoms with Crippen LogP contribution in [0.5, 0.6) is 0 Å². The number of likely N-dealkylation sites (N-methyl/N-ethyl adjacent to an activating group) is 1. The average molecular weight is 420 g/mol. The van der Waals surface area contributed by atoms with Gasteiger partial charge in [-0.25, -0.2) is 9.98 Å². The molecule has 0 bridgehead atoms. The monoisotopic (exact) mass is 419 g/mol. The standard InChI is InChI=1S/C18H28F3N5OS/c1-12-6-4-5-7-13(12)24-17(23-10-16(27)26(2)3)22-9-8-15-25-14(11-28-15)18(19,20)21/h11-13H,4-10H2,1-3H3,(H2,22,23,24). The Balaban J connectivity index is 1.95. The Labute approximate surface area is 167 Å². The summed E-state index contributed by atoms with van der Waals surface area (Å²) in [6, 6.07) is 0.270. The lowest BCUT2D eigenvalue weighted by Crippen LogP contribution is -2.48. The molecule has 28 heavy (non-hydrogen) atoms. The van der Waals surface area contributed by atoms with Crippen LogP contribution in [-0.2, 0) is 17.4 Å². The van der Waals surface area contributed by atoms with E-state index in [2.05, 4.69) is 27.5 Å². The van der Waals surface area contributed by atoms with E-state index in [0.717, 1.165) is 36.0 Å². The summed E-state index contributed by atoms with van der Waals surface area (Å²) in [5, 5.41) is 7.96. The zero-order chi connectivity index (χ0) is 20.7. The quantitative estimate of drug-likeness (QED) is 0.550. The molecule has 158 valence electrons. The minimum atomic E-state index is -4.42. The van der Waals surface area contributed by atoms with Gasteiger partial charge in [-0.3, -0.25) is 4.79 Å². The zero-order valence-electron chi connectivity index (χ0n) is 16.5. The smallest absolute Gasteiger partial charge is 0.356 e. The molecule has 2 rings (SSSR count). The lowest BCUT2D eigenvalue weighted by Gasteiger charge is -2.31. The third-order valence-electron chi connectivity index (χ3n) is 4.78. The molecule has 0 radical (unpaired) electrons. The number of alkyl halides is 3. The summed E-state index contributed by atoms with van der Waals surface area (Å²) >= 11 is 0.994. The highest BCUT2D eigenvalue weighted by atomic mass is 32.1. The van der Waals surface area contributed by atoms with E-state index in [0.29, 0.717) is 29.9 Å². The second-order valence-electron chi connectivity index (χ2n) is 7.27. The van der Waals surface area contributed by atoms with Crippen molar-refractivity contribution in [3.63, 3.8) is 0 Å². The molecule has 0 saturated heterocycles. The Bertz CT molecular complexity index is 674. The first kappa shape index (κ1) is 22.4. The molecule has 1 aromatic rings. The molecular weight excluding hydrogens is 391 g/mol. The van der Waals surface area contributed by atoms with Gasteiger partial charge in [0, 0.05) is 38.5 Å². The van der Waals surface area contributed by atoms with Gasteiger partial charge in [0.25, 0.3) is 0 Å². The first-order chi connectivity index (χ1) is 13.2. The van der Waals surface area contributed by atoms with Crippen molar-refractivity contribution in [2.75, 3.05) is 27.2 Å². The molecule has 1 aliphatic rings. The number of hydrogen-bond donors (Lipinski definition) is 2. The van der Waals surface area contributed by atoms with Crippen LogP contribution in [-0.4, -0.2) is 55.0 Å². The van der Waals surface area contributed by atoms with E-state index in [4.69, 9.17) is 0 Å². The van der Waals surface area contributed by atoms with Crippen LogP contribution >= 0.6 is 11.3 Å². The number of nitrogens with zero attached hydrogens (tertiary/aromatic N) is 3. The van der Waals surface area contributed by atoms with E-state index in [-0.39, 0.29) is 18.5 Å². The third kappa shape index (κ3) is 6.96. The van der Waals surface area contributed by atoms with Crippen LogP contribution in [0.1, 0.15) is 43.3 Å². The van der Waals surface area contributed by atoms with Crippen LogP contribution in [0.4, 0.5) is 13.2 Å². The first-order valence-electron chi connectivity index (χ1n) is 9.43. The summed E-state index contributed by atoms with van der Waals surface area (Å²) in [5.41, 5.74) is -0.855. The predicted molar refractivity (Wildman–Crippen MR) is 104 cm³/mol. The maximum Gasteiger partial charge on any atom is 0.434 e.